The highest BCUT2D eigenvalue weighted by molar-refractivity contribution is 5.99. The Morgan fingerprint density at radius 1 is 0.266 bits per heavy atom. The number of anilines is 3. The van der Waals surface area contributed by atoms with Gasteiger partial charge in [0, 0.05) is 27.8 Å². The zero-order chi connectivity index (χ0) is 52.9. The minimum atomic E-state index is -0.539. The van der Waals surface area contributed by atoms with Crippen LogP contribution in [0.4, 0.5) is 17.1 Å². The quantitative estimate of drug-likeness (QED) is 0.139. The lowest BCUT2D eigenvalue weighted by molar-refractivity contribution is 0.662. The molecule has 0 fully saturated rings. The van der Waals surface area contributed by atoms with E-state index in [4.69, 9.17) is 0 Å². The number of hydrogen-bond donors (Lipinski definition) is 0. The second-order valence-electron chi connectivity index (χ2n) is 22.4. The van der Waals surface area contributed by atoms with E-state index in [-0.39, 0.29) is 10.8 Å². The van der Waals surface area contributed by atoms with E-state index in [2.05, 4.69) is 317 Å². The van der Waals surface area contributed by atoms with Gasteiger partial charge in [-0.25, -0.2) is 0 Å². The zero-order valence-corrected chi connectivity index (χ0v) is 44.7. The van der Waals surface area contributed by atoms with Gasteiger partial charge in [0.15, 0.2) is 0 Å². The molecule has 0 N–H and O–H groups in total. The molecule has 0 saturated carbocycles. The average Bonchev–Trinajstić information content (AvgIpc) is 4.22. The lowest BCUT2D eigenvalue weighted by Crippen LogP contribution is -2.28. The Morgan fingerprint density at radius 2 is 0.696 bits per heavy atom. The molecular formula is C78H57N. The van der Waals surface area contributed by atoms with Crippen molar-refractivity contribution >= 4 is 17.1 Å². The highest BCUT2D eigenvalue weighted by Gasteiger charge is 2.48. The third-order valence-electron chi connectivity index (χ3n) is 18.1. The molecule has 0 bridgehead atoms. The Bertz CT molecular complexity index is 4280. The van der Waals surface area contributed by atoms with Crippen molar-refractivity contribution < 1.29 is 0 Å². The van der Waals surface area contributed by atoms with E-state index in [0.29, 0.717) is 0 Å². The molecule has 15 rings (SSSR count). The first-order valence-corrected chi connectivity index (χ1v) is 27.8. The summed E-state index contributed by atoms with van der Waals surface area (Å²) in [7, 11) is 0. The van der Waals surface area contributed by atoms with E-state index in [9.17, 15) is 0 Å². The summed E-state index contributed by atoms with van der Waals surface area (Å²) in [6.07, 6.45) is 0. The fourth-order valence-corrected chi connectivity index (χ4v) is 14.5. The van der Waals surface area contributed by atoms with Gasteiger partial charge in [0.25, 0.3) is 0 Å². The van der Waals surface area contributed by atoms with Gasteiger partial charge in [0.2, 0.25) is 0 Å². The van der Waals surface area contributed by atoms with Crippen molar-refractivity contribution in [2.24, 2.45) is 0 Å². The zero-order valence-electron chi connectivity index (χ0n) is 44.7. The molecule has 1 heteroatoms. The van der Waals surface area contributed by atoms with Crippen molar-refractivity contribution in [2.75, 3.05) is 4.90 Å². The van der Waals surface area contributed by atoms with Crippen molar-refractivity contribution in [1.82, 2.24) is 0 Å². The van der Waals surface area contributed by atoms with E-state index < -0.39 is 5.41 Å². The molecule has 1 atom stereocenters. The Balaban J connectivity index is 0.893. The van der Waals surface area contributed by atoms with Crippen LogP contribution in [0.15, 0.2) is 291 Å². The van der Waals surface area contributed by atoms with Gasteiger partial charge in [-0.1, -0.05) is 269 Å². The van der Waals surface area contributed by atoms with Gasteiger partial charge < -0.3 is 4.90 Å². The topological polar surface area (TPSA) is 3.24 Å². The summed E-state index contributed by atoms with van der Waals surface area (Å²) in [5.41, 5.74) is 29.3. The molecule has 3 aliphatic carbocycles. The second-order valence-corrected chi connectivity index (χ2v) is 22.4. The van der Waals surface area contributed by atoms with Gasteiger partial charge in [0.1, 0.15) is 0 Å². The van der Waals surface area contributed by atoms with Crippen LogP contribution in [0.1, 0.15) is 70.8 Å². The first kappa shape index (κ1) is 46.7. The smallest absolute Gasteiger partial charge is 0.0714 e. The summed E-state index contributed by atoms with van der Waals surface area (Å²) in [5, 5.41) is 0. The van der Waals surface area contributed by atoms with Gasteiger partial charge in [-0.2, -0.15) is 0 Å². The molecule has 12 aromatic carbocycles. The molecule has 0 saturated heterocycles. The maximum absolute atomic E-state index is 2.50. The molecule has 79 heavy (non-hydrogen) atoms. The van der Waals surface area contributed by atoms with Crippen molar-refractivity contribution in [3.63, 3.8) is 0 Å². The molecule has 0 spiro atoms. The van der Waals surface area contributed by atoms with E-state index in [1.54, 1.807) is 0 Å². The van der Waals surface area contributed by atoms with Gasteiger partial charge in [-0.3, -0.25) is 0 Å². The number of hydrogen-bond acceptors (Lipinski definition) is 1. The minimum absolute atomic E-state index is 0.141. The summed E-state index contributed by atoms with van der Waals surface area (Å²) in [6.45, 7) is 7.17. The Kier molecular flexibility index (Phi) is 10.7. The van der Waals surface area contributed by atoms with Crippen LogP contribution < -0.4 is 4.90 Å². The Morgan fingerprint density at radius 3 is 1.33 bits per heavy atom. The highest BCUT2D eigenvalue weighted by Crippen LogP contribution is 2.60. The van der Waals surface area contributed by atoms with Crippen LogP contribution in [0.5, 0.6) is 0 Å². The summed E-state index contributed by atoms with van der Waals surface area (Å²) in [4.78, 5) is 2.50. The van der Waals surface area contributed by atoms with Crippen LogP contribution in [0, 0.1) is 0 Å². The Hall–Kier alpha value is -9.56. The van der Waals surface area contributed by atoms with Crippen LogP contribution in [0.2, 0.25) is 0 Å². The fourth-order valence-electron chi connectivity index (χ4n) is 14.5. The molecule has 0 radical (unpaired) electrons. The number of nitrogens with zero attached hydrogens (tertiary/aromatic N) is 1. The first-order valence-electron chi connectivity index (χ1n) is 27.8. The van der Waals surface area contributed by atoms with Gasteiger partial charge in [-0.05, 0) is 155 Å². The van der Waals surface area contributed by atoms with E-state index in [1.165, 1.54) is 117 Å². The van der Waals surface area contributed by atoms with E-state index >= 15 is 0 Å². The normalized spacial score (nSPS) is 15.5. The van der Waals surface area contributed by atoms with Crippen LogP contribution >= 0.6 is 0 Å². The van der Waals surface area contributed by atoms with Gasteiger partial charge >= 0.3 is 0 Å². The average molecular weight is 1010 g/mol. The van der Waals surface area contributed by atoms with Gasteiger partial charge in [0.05, 0.1) is 11.1 Å². The molecule has 1 unspecified atom stereocenters. The number of rotatable bonds is 9. The third-order valence-corrected chi connectivity index (χ3v) is 18.1. The van der Waals surface area contributed by atoms with Gasteiger partial charge in [-0.15, -0.1) is 0 Å². The summed E-state index contributed by atoms with van der Waals surface area (Å²) in [5.74, 6) is 0. The number of benzene rings is 12. The molecular weight excluding hydrogens is 951 g/mol. The van der Waals surface area contributed by atoms with Crippen LogP contribution in [0.3, 0.4) is 0 Å². The molecule has 1 nitrogen and oxygen atoms in total. The molecule has 0 aromatic heterocycles. The summed E-state index contributed by atoms with van der Waals surface area (Å²) >= 11 is 0. The van der Waals surface area contributed by atoms with Crippen LogP contribution in [-0.4, -0.2) is 0 Å². The SMILES string of the molecule is CC1(C)c2ccccc2-c2cccc(-c3ccccc3-c3ccc(N(c4ccc(-c5ccc6c(c5)C(C)(c5ccccc5)c5ccccc5-6)cc4)c4cccc5c4-c4ccccc4C5(c4ccccc4)c4ccccc4)cc3)c21. The Labute approximate surface area is 464 Å². The lowest BCUT2D eigenvalue weighted by atomic mass is 9.68. The van der Waals surface area contributed by atoms with Crippen LogP contribution in [-0.2, 0) is 16.2 Å². The summed E-state index contributed by atoms with van der Waals surface area (Å²) in [6, 6.07) is 109. The van der Waals surface area contributed by atoms with Crippen LogP contribution in [0.25, 0.3) is 66.8 Å². The van der Waals surface area contributed by atoms with Crippen molar-refractivity contribution in [3.05, 3.63) is 341 Å². The molecule has 374 valence electrons. The molecule has 0 heterocycles. The number of fused-ring (bicyclic) bond motifs is 9. The highest BCUT2D eigenvalue weighted by atomic mass is 15.1. The van der Waals surface area contributed by atoms with Crippen molar-refractivity contribution in [2.45, 2.75) is 37.0 Å². The maximum atomic E-state index is 2.50. The second kappa shape index (κ2) is 18.0. The van der Waals surface area contributed by atoms with Crippen molar-refractivity contribution in [3.8, 4) is 66.8 Å². The predicted molar refractivity (Wildman–Crippen MR) is 330 cm³/mol. The third kappa shape index (κ3) is 6.89. The maximum Gasteiger partial charge on any atom is 0.0714 e. The monoisotopic (exact) mass is 1010 g/mol. The summed E-state index contributed by atoms with van der Waals surface area (Å²) < 4.78 is 0. The predicted octanol–water partition coefficient (Wildman–Crippen LogP) is 20.2. The molecule has 3 aliphatic rings. The van der Waals surface area contributed by atoms with E-state index in [1.807, 2.05) is 0 Å². The molecule has 0 aliphatic heterocycles. The minimum Gasteiger partial charge on any atom is -0.310 e. The lowest BCUT2D eigenvalue weighted by Gasteiger charge is -2.34. The molecule has 0 amide bonds. The standard InChI is InChI=1S/C78H57N/c1-76(2)68-36-18-15-32-63(68)66-35-21-34-65(75(66)76)61-30-14-13-29-60(61)53-43-48-59(49-44-53)79(73-40-22-39-71-74(73)67-33-17-20-38-70(67)78(71,56-25-9-5-10-26-56)57-27-11-6-12-28-57)58-46-41-52(42-47-58)54-45-50-64-62-31-16-19-37-69(62)77(3,72(64)51-54)55-23-7-4-8-24-55/h4-51H,1-3H3. The van der Waals surface area contributed by atoms with Crippen molar-refractivity contribution in [1.29, 1.82) is 0 Å². The largest absolute Gasteiger partial charge is 0.310 e. The molecule has 12 aromatic rings. The van der Waals surface area contributed by atoms with E-state index in [0.717, 1.165) is 17.1 Å². The fraction of sp³-hybridized carbons (Fsp3) is 0.0769. The first-order chi connectivity index (χ1) is 38.8.